The molecular formula is C11H11ClN2O3S2. The first-order valence-corrected chi connectivity index (χ1v) is 7.88. The lowest BCUT2D eigenvalue weighted by Gasteiger charge is -2.15. The fourth-order valence-electron chi connectivity index (χ4n) is 1.46. The van der Waals surface area contributed by atoms with E-state index in [-0.39, 0.29) is 21.0 Å². The Balaban J connectivity index is 2.19. The summed E-state index contributed by atoms with van der Waals surface area (Å²) in [6.45, 7) is 0.206. The van der Waals surface area contributed by atoms with Crippen LogP contribution in [-0.2, 0) is 16.6 Å². The zero-order valence-electron chi connectivity index (χ0n) is 9.95. The van der Waals surface area contributed by atoms with Gasteiger partial charge in [0.25, 0.3) is 10.0 Å². The van der Waals surface area contributed by atoms with Crippen LogP contribution in [0, 0.1) is 0 Å². The number of phenolic OH excluding ortho intramolecular Hbond substituents is 1. The molecule has 8 heteroatoms. The number of rotatable bonds is 4. The molecule has 0 bridgehead atoms. The molecule has 0 fully saturated rings. The molecule has 1 N–H and O–H groups in total. The highest BCUT2D eigenvalue weighted by Crippen LogP contribution is 2.25. The third kappa shape index (κ3) is 3.24. The lowest BCUT2D eigenvalue weighted by atomic mass is 10.2. The van der Waals surface area contributed by atoms with Gasteiger partial charge < -0.3 is 5.11 Å². The van der Waals surface area contributed by atoms with E-state index in [1.807, 2.05) is 0 Å². The lowest BCUT2D eigenvalue weighted by Crippen LogP contribution is -2.25. The topological polar surface area (TPSA) is 70.5 Å². The number of benzene rings is 1. The van der Waals surface area contributed by atoms with Crippen LogP contribution in [0.25, 0.3) is 0 Å². The second-order valence-electron chi connectivity index (χ2n) is 3.86. The predicted octanol–water partition coefficient (Wildman–Crippen LogP) is 2.32. The van der Waals surface area contributed by atoms with Crippen molar-refractivity contribution in [2.45, 2.75) is 10.8 Å². The van der Waals surface area contributed by atoms with Gasteiger partial charge in [0, 0.05) is 13.6 Å². The minimum Gasteiger partial charge on any atom is -0.508 e. The quantitative estimate of drug-likeness (QED) is 0.939. The zero-order chi connectivity index (χ0) is 14.0. The molecule has 0 saturated heterocycles. The van der Waals surface area contributed by atoms with E-state index in [0.717, 1.165) is 16.9 Å². The van der Waals surface area contributed by atoms with Crippen LogP contribution in [0.4, 0.5) is 0 Å². The number of thiazole rings is 1. The Bertz CT molecular complexity index is 668. The van der Waals surface area contributed by atoms with E-state index in [0.29, 0.717) is 0 Å². The molecule has 0 radical (unpaired) electrons. The molecule has 0 atom stereocenters. The Morgan fingerprint density at radius 2 is 2.00 bits per heavy atom. The van der Waals surface area contributed by atoms with Crippen LogP contribution in [0.15, 0.2) is 34.7 Å². The van der Waals surface area contributed by atoms with Crippen LogP contribution in [-0.4, -0.2) is 29.9 Å². The van der Waals surface area contributed by atoms with Gasteiger partial charge in [-0.25, -0.2) is 13.4 Å². The monoisotopic (exact) mass is 318 g/mol. The first-order valence-electron chi connectivity index (χ1n) is 5.25. The summed E-state index contributed by atoms with van der Waals surface area (Å²) in [4.78, 5) is 3.73. The molecule has 0 saturated carbocycles. The molecule has 0 unspecified atom stereocenters. The summed E-state index contributed by atoms with van der Waals surface area (Å²) >= 11 is 6.57. The highest BCUT2D eigenvalue weighted by molar-refractivity contribution is 7.91. The smallest absolute Gasteiger partial charge is 0.254 e. The predicted molar refractivity (Wildman–Crippen MR) is 73.9 cm³/mol. The van der Waals surface area contributed by atoms with Gasteiger partial charge in [-0.2, -0.15) is 4.31 Å². The zero-order valence-corrected chi connectivity index (χ0v) is 12.3. The number of halogens is 1. The number of aromatic hydroxyl groups is 1. The highest BCUT2D eigenvalue weighted by Gasteiger charge is 2.23. The van der Waals surface area contributed by atoms with E-state index < -0.39 is 10.0 Å². The summed E-state index contributed by atoms with van der Waals surface area (Å²) in [6, 6.07) is 6.36. The lowest BCUT2D eigenvalue weighted by molar-refractivity contribution is 0.465. The largest absolute Gasteiger partial charge is 0.508 e. The molecule has 0 aliphatic heterocycles. The average molecular weight is 319 g/mol. The molecule has 2 rings (SSSR count). The van der Waals surface area contributed by atoms with Gasteiger partial charge in [0.05, 0.1) is 6.20 Å². The van der Waals surface area contributed by atoms with Crippen LogP contribution in [0.2, 0.25) is 4.47 Å². The van der Waals surface area contributed by atoms with Gasteiger partial charge in [0.2, 0.25) is 0 Å². The van der Waals surface area contributed by atoms with Crippen LogP contribution in [0.1, 0.15) is 5.56 Å². The number of phenols is 1. The molecule has 0 aliphatic carbocycles. The van der Waals surface area contributed by atoms with Gasteiger partial charge in [-0.05, 0) is 17.7 Å². The third-order valence-electron chi connectivity index (χ3n) is 2.46. The van der Waals surface area contributed by atoms with Gasteiger partial charge in [-0.1, -0.05) is 35.1 Å². The molecule has 1 aromatic heterocycles. The number of hydrogen-bond donors (Lipinski definition) is 1. The Kier molecular flexibility index (Phi) is 4.10. The van der Waals surface area contributed by atoms with Crippen LogP contribution >= 0.6 is 22.9 Å². The summed E-state index contributed by atoms with van der Waals surface area (Å²) < 4.78 is 25.9. The summed E-state index contributed by atoms with van der Waals surface area (Å²) in [5.41, 5.74) is 0.777. The van der Waals surface area contributed by atoms with Gasteiger partial charge in [-0.15, -0.1) is 0 Å². The normalized spacial score (nSPS) is 11.9. The van der Waals surface area contributed by atoms with Crippen molar-refractivity contribution in [3.05, 3.63) is 40.5 Å². The Labute approximate surface area is 120 Å². The maximum Gasteiger partial charge on any atom is 0.254 e. The number of sulfonamides is 1. The molecule has 19 heavy (non-hydrogen) atoms. The number of aromatic nitrogens is 1. The van der Waals surface area contributed by atoms with Gasteiger partial charge in [0.15, 0.2) is 8.68 Å². The molecule has 5 nitrogen and oxygen atoms in total. The molecule has 1 aromatic carbocycles. The van der Waals surface area contributed by atoms with Gasteiger partial charge in [-0.3, -0.25) is 0 Å². The summed E-state index contributed by atoms with van der Waals surface area (Å²) in [5.74, 6) is 0.142. The summed E-state index contributed by atoms with van der Waals surface area (Å²) in [7, 11) is -2.10. The van der Waals surface area contributed by atoms with Crippen molar-refractivity contribution in [3.63, 3.8) is 0 Å². The molecular weight excluding hydrogens is 308 g/mol. The number of hydrogen-bond acceptors (Lipinski definition) is 5. The fourth-order valence-corrected chi connectivity index (χ4v) is 4.12. The Hall–Kier alpha value is -1.15. The van der Waals surface area contributed by atoms with E-state index >= 15 is 0 Å². The molecule has 1 heterocycles. The fraction of sp³-hybridized carbons (Fsp3) is 0.182. The van der Waals surface area contributed by atoms with Crippen molar-refractivity contribution >= 4 is 33.0 Å². The van der Waals surface area contributed by atoms with E-state index in [2.05, 4.69) is 4.98 Å². The number of nitrogens with zero attached hydrogens (tertiary/aromatic N) is 2. The van der Waals surface area contributed by atoms with Crippen molar-refractivity contribution in [1.82, 2.24) is 9.29 Å². The second-order valence-corrected chi connectivity index (χ2v) is 7.74. The Morgan fingerprint density at radius 3 is 2.53 bits per heavy atom. The van der Waals surface area contributed by atoms with Crippen LogP contribution in [0.3, 0.4) is 0 Å². The van der Waals surface area contributed by atoms with E-state index in [1.54, 1.807) is 12.1 Å². The van der Waals surface area contributed by atoms with Gasteiger partial charge >= 0.3 is 0 Å². The van der Waals surface area contributed by atoms with E-state index in [4.69, 9.17) is 11.6 Å². The van der Waals surface area contributed by atoms with Crippen molar-refractivity contribution in [2.24, 2.45) is 0 Å². The third-order valence-corrected chi connectivity index (χ3v) is 5.82. The van der Waals surface area contributed by atoms with E-state index in [9.17, 15) is 13.5 Å². The highest BCUT2D eigenvalue weighted by atomic mass is 35.5. The first kappa shape index (κ1) is 14.3. The van der Waals surface area contributed by atoms with E-state index in [1.165, 1.54) is 29.7 Å². The molecule has 102 valence electrons. The second kappa shape index (κ2) is 5.46. The van der Waals surface area contributed by atoms with Crippen molar-refractivity contribution in [2.75, 3.05) is 7.05 Å². The SMILES string of the molecule is CN(Cc1ccc(O)cc1)S(=O)(=O)c1cnc(Cl)s1. The Morgan fingerprint density at radius 1 is 1.37 bits per heavy atom. The van der Waals surface area contributed by atoms with Crippen LogP contribution in [0.5, 0.6) is 5.75 Å². The standard InChI is InChI=1S/C11H11ClN2O3S2/c1-14(7-8-2-4-9(15)5-3-8)19(16,17)10-6-13-11(12)18-10/h2-6,15H,7H2,1H3. The minimum absolute atomic E-state index is 0.110. The molecule has 0 spiro atoms. The molecule has 2 aromatic rings. The summed E-state index contributed by atoms with van der Waals surface area (Å²) in [5, 5.41) is 9.18. The maximum atomic E-state index is 12.2. The molecule has 0 aliphatic rings. The van der Waals surface area contributed by atoms with Crippen LogP contribution < -0.4 is 0 Å². The minimum atomic E-state index is -3.58. The maximum absolute atomic E-state index is 12.2. The van der Waals surface area contributed by atoms with Crippen molar-refractivity contribution in [3.8, 4) is 5.75 Å². The summed E-state index contributed by atoms with van der Waals surface area (Å²) in [6.07, 6.45) is 1.25. The van der Waals surface area contributed by atoms with Gasteiger partial charge in [0.1, 0.15) is 5.75 Å². The first-order chi connectivity index (χ1) is 8.89. The average Bonchev–Trinajstić information content (AvgIpc) is 2.79. The molecule has 0 amide bonds. The van der Waals surface area contributed by atoms with Crippen molar-refractivity contribution < 1.29 is 13.5 Å². The van der Waals surface area contributed by atoms with Crippen molar-refractivity contribution in [1.29, 1.82) is 0 Å².